The Morgan fingerprint density at radius 1 is 1.10 bits per heavy atom. The molecule has 2 atom stereocenters. The van der Waals surface area contributed by atoms with E-state index in [1.807, 2.05) is 95.0 Å². The molecule has 1 N–H and O–H groups in total. The average molecular weight is 573 g/mol. The van der Waals surface area contributed by atoms with Crippen LogP contribution in [0.5, 0.6) is 0 Å². The van der Waals surface area contributed by atoms with Gasteiger partial charge in [-0.2, -0.15) is 13.5 Å². The van der Waals surface area contributed by atoms with Crippen molar-refractivity contribution in [2.24, 2.45) is 0 Å². The van der Waals surface area contributed by atoms with Crippen molar-refractivity contribution in [3.8, 4) is 0 Å². The highest BCUT2D eigenvalue weighted by Gasteiger charge is 2.17. The van der Waals surface area contributed by atoms with Gasteiger partial charge in [-0.05, 0) is 81.0 Å². The van der Waals surface area contributed by atoms with E-state index >= 15 is 0 Å². The highest BCUT2D eigenvalue weighted by atomic mass is 35.5. The number of aromatic nitrogens is 4. The van der Waals surface area contributed by atoms with Gasteiger partial charge in [0.1, 0.15) is 16.8 Å². The van der Waals surface area contributed by atoms with E-state index in [2.05, 4.69) is 34.3 Å². The minimum atomic E-state index is 0. The minimum Gasteiger partial charge on any atom is -0.338 e. The van der Waals surface area contributed by atoms with Gasteiger partial charge in [-0.15, -0.1) is 10.2 Å². The van der Waals surface area contributed by atoms with Crippen LogP contribution in [-0.2, 0) is 6.42 Å². The Morgan fingerprint density at radius 3 is 2.26 bits per heavy atom. The monoisotopic (exact) mass is 572 g/mol. The number of carbonyl (C=O) groups excluding carboxylic acids is 1. The van der Waals surface area contributed by atoms with Crippen LogP contribution in [-0.4, -0.2) is 56.7 Å². The van der Waals surface area contributed by atoms with Gasteiger partial charge in [-0.3, -0.25) is 9.36 Å². The number of rotatable bonds is 11. The first kappa shape index (κ1) is 34.3. The number of aryl methyl sites for hydroxylation is 2. The van der Waals surface area contributed by atoms with Crippen molar-refractivity contribution in [1.29, 1.82) is 0 Å². The molecule has 0 saturated carbocycles. The first-order valence-electron chi connectivity index (χ1n) is 13.4. The van der Waals surface area contributed by atoms with Crippen LogP contribution < -0.4 is 5.32 Å². The van der Waals surface area contributed by atoms with Gasteiger partial charge < -0.3 is 10.2 Å². The molecule has 1 unspecified atom stereocenters. The number of carbonyl (C=O) groups is 1. The maximum Gasteiger partial charge on any atom is 0.253 e. The lowest BCUT2D eigenvalue weighted by molar-refractivity contribution is 0.0807. The summed E-state index contributed by atoms with van der Waals surface area (Å²) >= 11 is 5.93. The van der Waals surface area contributed by atoms with Gasteiger partial charge in [0.05, 0.1) is 0 Å². The van der Waals surface area contributed by atoms with Crippen LogP contribution in [0.2, 0.25) is 5.15 Å². The molecule has 214 valence electrons. The van der Waals surface area contributed by atoms with Crippen molar-refractivity contribution in [2.45, 2.75) is 73.3 Å². The van der Waals surface area contributed by atoms with E-state index in [-0.39, 0.29) is 19.4 Å². The first-order chi connectivity index (χ1) is 18.2. The van der Waals surface area contributed by atoms with Gasteiger partial charge in [0, 0.05) is 37.6 Å². The molecule has 0 aliphatic heterocycles. The van der Waals surface area contributed by atoms with Crippen LogP contribution in [0.3, 0.4) is 0 Å². The van der Waals surface area contributed by atoms with Crippen molar-refractivity contribution in [3.05, 3.63) is 81.7 Å². The lowest BCUT2D eigenvalue weighted by Gasteiger charge is -2.24. The molecule has 2 heterocycles. The van der Waals surface area contributed by atoms with Gasteiger partial charge in [0.15, 0.2) is 0 Å². The quantitative estimate of drug-likeness (QED) is 0.268. The van der Waals surface area contributed by atoms with E-state index in [0.29, 0.717) is 29.2 Å². The number of nitrogens with one attached hydrogen (secondary N) is 1. The molecule has 0 fully saturated rings. The Kier molecular flexibility index (Phi) is 15.1. The molecule has 1 aromatic carbocycles. The maximum atomic E-state index is 12.9. The molecule has 0 radical (unpaired) electrons. The third kappa shape index (κ3) is 10.1. The van der Waals surface area contributed by atoms with E-state index in [4.69, 9.17) is 11.6 Å². The standard InChI is InChI=1S/C28H37ClN6O.C2H6.H2S/c1-7-26(20(3)25-12-13-27(29)31-16-25)30-15-14-23-8-10-24(11-9-23)28(36)34(6)17-19(2)18-35-21(4)32-33-22(35)5;1-2;/h8-13,16,18,20,26,30H,7,14-15,17H2,1-6H3;1-2H3;1H2/b19-18+;;/t20?,26-;;/m1../s1. The molecule has 3 aromatic rings. The summed E-state index contributed by atoms with van der Waals surface area (Å²) in [6.45, 7) is 15.6. The Hall–Kier alpha value is -2.68. The fourth-order valence-corrected chi connectivity index (χ4v) is 4.48. The van der Waals surface area contributed by atoms with Gasteiger partial charge in [0.2, 0.25) is 0 Å². The number of nitrogens with zero attached hydrogens (tertiary/aromatic N) is 5. The summed E-state index contributed by atoms with van der Waals surface area (Å²) in [6.07, 6.45) is 5.76. The molecule has 39 heavy (non-hydrogen) atoms. The van der Waals surface area contributed by atoms with Crippen molar-refractivity contribution in [2.75, 3.05) is 20.1 Å². The highest BCUT2D eigenvalue weighted by molar-refractivity contribution is 7.59. The number of pyridine rings is 1. The summed E-state index contributed by atoms with van der Waals surface area (Å²) < 4.78 is 1.94. The average Bonchev–Trinajstić information content (AvgIpc) is 3.24. The molecule has 0 aliphatic rings. The topological polar surface area (TPSA) is 75.9 Å². The van der Waals surface area contributed by atoms with E-state index in [1.54, 1.807) is 4.90 Å². The normalized spacial score (nSPS) is 12.6. The molecule has 1 amide bonds. The summed E-state index contributed by atoms with van der Waals surface area (Å²) in [5.41, 5.74) is 4.12. The van der Waals surface area contributed by atoms with Crippen LogP contribution >= 0.6 is 25.1 Å². The zero-order valence-electron chi connectivity index (χ0n) is 24.6. The van der Waals surface area contributed by atoms with Gasteiger partial charge in [-0.25, -0.2) is 4.98 Å². The Labute approximate surface area is 246 Å². The number of hydrogen-bond acceptors (Lipinski definition) is 5. The Bertz CT molecular complexity index is 1160. The molecule has 7 nitrogen and oxygen atoms in total. The summed E-state index contributed by atoms with van der Waals surface area (Å²) in [5, 5.41) is 12.4. The molecule has 0 saturated heterocycles. The molecule has 0 bridgehead atoms. The fraction of sp³-hybridized carbons (Fsp3) is 0.467. The lowest BCUT2D eigenvalue weighted by atomic mass is 9.92. The Balaban J connectivity index is 0.00000248. The predicted molar refractivity (Wildman–Crippen MR) is 168 cm³/mol. The highest BCUT2D eigenvalue weighted by Crippen LogP contribution is 2.21. The third-order valence-corrected chi connectivity index (χ3v) is 6.78. The van der Waals surface area contributed by atoms with Crippen molar-refractivity contribution < 1.29 is 4.79 Å². The van der Waals surface area contributed by atoms with E-state index in [0.717, 1.165) is 36.6 Å². The lowest BCUT2D eigenvalue weighted by Crippen LogP contribution is -2.34. The zero-order chi connectivity index (χ0) is 28.2. The summed E-state index contributed by atoms with van der Waals surface area (Å²) in [4.78, 5) is 18.9. The second-order valence-electron chi connectivity index (χ2n) is 9.42. The number of likely N-dealkylation sites (N-methyl/N-ethyl adjacent to an activating group) is 1. The number of amides is 1. The van der Waals surface area contributed by atoms with E-state index < -0.39 is 0 Å². The van der Waals surface area contributed by atoms with Crippen LogP contribution in [0.15, 0.2) is 48.2 Å². The van der Waals surface area contributed by atoms with Crippen LogP contribution in [0.1, 0.15) is 80.1 Å². The van der Waals surface area contributed by atoms with Crippen LogP contribution in [0, 0.1) is 13.8 Å². The van der Waals surface area contributed by atoms with Crippen molar-refractivity contribution in [3.63, 3.8) is 0 Å². The number of hydrogen-bond donors (Lipinski definition) is 1. The fourth-order valence-electron chi connectivity index (χ4n) is 4.37. The second-order valence-corrected chi connectivity index (χ2v) is 9.81. The van der Waals surface area contributed by atoms with Gasteiger partial charge in [0.25, 0.3) is 5.91 Å². The smallest absolute Gasteiger partial charge is 0.253 e. The minimum absolute atomic E-state index is 0. The first-order valence-corrected chi connectivity index (χ1v) is 13.8. The zero-order valence-corrected chi connectivity index (χ0v) is 26.4. The van der Waals surface area contributed by atoms with Gasteiger partial charge >= 0.3 is 0 Å². The molecule has 0 aliphatic carbocycles. The van der Waals surface area contributed by atoms with E-state index in [9.17, 15) is 4.79 Å². The predicted octanol–water partition coefficient (Wildman–Crippen LogP) is 6.43. The Morgan fingerprint density at radius 2 is 1.72 bits per heavy atom. The van der Waals surface area contributed by atoms with Crippen molar-refractivity contribution >= 4 is 37.2 Å². The summed E-state index contributed by atoms with van der Waals surface area (Å²) in [7, 11) is 1.83. The molecule has 0 spiro atoms. The largest absolute Gasteiger partial charge is 0.338 e. The number of benzene rings is 1. The maximum absolute atomic E-state index is 12.9. The molecular formula is C30H45ClN6OS. The van der Waals surface area contributed by atoms with Gasteiger partial charge in [-0.1, -0.05) is 57.5 Å². The SMILES string of the molecule is CC.CC[C@@H](NCCc1ccc(C(=O)N(C)C/C(C)=C/n2c(C)nnc2C)cc1)C(C)c1ccc(Cl)nc1.S. The number of halogens is 1. The van der Waals surface area contributed by atoms with Crippen LogP contribution in [0.25, 0.3) is 6.20 Å². The molecule has 9 heteroatoms. The van der Waals surface area contributed by atoms with Crippen molar-refractivity contribution in [1.82, 2.24) is 30.0 Å². The van der Waals surface area contributed by atoms with E-state index in [1.165, 1.54) is 11.1 Å². The summed E-state index contributed by atoms with van der Waals surface area (Å²) in [5.74, 6) is 1.99. The second kappa shape index (κ2) is 17.1. The van der Waals surface area contributed by atoms with Crippen LogP contribution in [0.4, 0.5) is 0 Å². The molecular weight excluding hydrogens is 528 g/mol. The molecule has 3 rings (SSSR count). The molecule has 2 aromatic heterocycles. The third-order valence-electron chi connectivity index (χ3n) is 6.56. The summed E-state index contributed by atoms with van der Waals surface area (Å²) in [6, 6.07) is 12.2.